The van der Waals surface area contributed by atoms with Gasteiger partial charge in [-0.3, -0.25) is 4.79 Å². The topological polar surface area (TPSA) is 81.8 Å². The molecule has 1 fully saturated rings. The lowest BCUT2D eigenvalue weighted by Crippen LogP contribution is -2.21. The second-order valence-electron chi connectivity index (χ2n) is 4.86. The molecular formula is C14H18ClNO4. The van der Waals surface area contributed by atoms with Gasteiger partial charge in [0.1, 0.15) is 6.04 Å². The van der Waals surface area contributed by atoms with Crippen molar-refractivity contribution < 1.29 is 19.4 Å². The van der Waals surface area contributed by atoms with Gasteiger partial charge in [0.15, 0.2) is 11.5 Å². The number of hydrogen-bond donors (Lipinski definition) is 2. The third-order valence-corrected chi connectivity index (χ3v) is 3.81. The van der Waals surface area contributed by atoms with Crippen LogP contribution in [0.1, 0.15) is 37.3 Å². The highest BCUT2D eigenvalue weighted by molar-refractivity contribution is 6.31. The molecule has 1 atom stereocenters. The van der Waals surface area contributed by atoms with E-state index < -0.39 is 12.0 Å². The molecular weight excluding hydrogens is 282 g/mol. The third-order valence-electron chi connectivity index (χ3n) is 3.48. The molecule has 1 aliphatic carbocycles. The summed E-state index contributed by atoms with van der Waals surface area (Å²) in [5.74, 6) is -0.155. The average molecular weight is 300 g/mol. The number of benzene rings is 1. The highest BCUT2D eigenvalue weighted by atomic mass is 35.5. The Morgan fingerprint density at radius 3 is 2.60 bits per heavy atom. The summed E-state index contributed by atoms with van der Waals surface area (Å²) in [5, 5.41) is 9.24. The minimum Gasteiger partial charge on any atom is -0.493 e. The number of rotatable bonds is 5. The van der Waals surface area contributed by atoms with Gasteiger partial charge in [-0.05, 0) is 31.7 Å². The monoisotopic (exact) mass is 299 g/mol. The van der Waals surface area contributed by atoms with E-state index in [1.807, 2.05) is 0 Å². The summed E-state index contributed by atoms with van der Waals surface area (Å²) in [4.78, 5) is 11.0. The normalized spacial score (nSPS) is 16.9. The molecule has 110 valence electrons. The van der Waals surface area contributed by atoms with Gasteiger partial charge in [0, 0.05) is 16.7 Å². The molecule has 1 aromatic carbocycles. The van der Waals surface area contributed by atoms with E-state index in [4.69, 9.17) is 31.9 Å². The molecule has 20 heavy (non-hydrogen) atoms. The largest absolute Gasteiger partial charge is 0.493 e. The molecule has 2 rings (SSSR count). The van der Waals surface area contributed by atoms with E-state index in [9.17, 15) is 4.79 Å². The predicted octanol–water partition coefficient (Wildman–Crippen LogP) is 2.75. The van der Waals surface area contributed by atoms with Crippen molar-refractivity contribution in [2.24, 2.45) is 5.73 Å². The zero-order valence-corrected chi connectivity index (χ0v) is 12.0. The number of aliphatic carboxylic acids is 1. The predicted molar refractivity (Wildman–Crippen MR) is 75.5 cm³/mol. The molecule has 0 spiro atoms. The van der Waals surface area contributed by atoms with Crippen molar-refractivity contribution in [1.82, 2.24) is 0 Å². The van der Waals surface area contributed by atoms with Gasteiger partial charge < -0.3 is 20.3 Å². The first-order chi connectivity index (χ1) is 9.52. The second-order valence-corrected chi connectivity index (χ2v) is 5.27. The zero-order valence-electron chi connectivity index (χ0n) is 11.3. The van der Waals surface area contributed by atoms with Gasteiger partial charge in [0.2, 0.25) is 0 Å². The molecule has 5 nitrogen and oxygen atoms in total. The maximum atomic E-state index is 11.0. The minimum absolute atomic E-state index is 0.166. The summed E-state index contributed by atoms with van der Waals surface area (Å²) in [7, 11) is 1.50. The van der Waals surface area contributed by atoms with Crippen molar-refractivity contribution in [2.75, 3.05) is 7.11 Å². The first-order valence-corrected chi connectivity index (χ1v) is 6.93. The van der Waals surface area contributed by atoms with Crippen LogP contribution in [0.3, 0.4) is 0 Å². The fraction of sp³-hybridized carbons (Fsp3) is 0.500. The van der Waals surface area contributed by atoms with Crippen LogP contribution >= 0.6 is 11.6 Å². The Morgan fingerprint density at radius 1 is 1.40 bits per heavy atom. The van der Waals surface area contributed by atoms with Gasteiger partial charge in [-0.1, -0.05) is 11.6 Å². The standard InChI is InChI=1S/C14H18ClNO4/c1-19-11-6-9(13(16)14(17)18)10(15)7-12(11)20-8-4-2-3-5-8/h6-8,13H,2-5,16H2,1H3,(H,17,18). The quantitative estimate of drug-likeness (QED) is 0.873. The molecule has 0 saturated heterocycles. The van der Waals surface area contributed by atoms with Crippen LogP contribution in [0.5, 0.6) is 11.5 Å². The number of nitrogens with two attached hydrogens (primary N) is 1. The van der Waals surface area contributed by atoms with Gasteiger partial charge in [-0.25, -0.2) is 0 Å². The lowest BCUT2D eigenvalue weighted by molar-refractivity contribution is -0.138. The van der Waals surface area contributed by atoms with E-state index in [0.29, 0.717) is 17.1 Å². The van der Waals surface area contributed by atoms with Crippen molar-refractivity contribution in [1.29, 1.82) is 0 Å². The smallest absolute Gasteiger partial charge is 0.325 e. The molecule has 0 radical (unpaired) electrons. The van der Waals surface area contributed by atoms with Crippen molar-refractivity contribution in [3.05, 3.63) is 22.7 Å². The summed E-state index contributed by atoms with van der Waals surface area (Å²) < 4.78 is 11.1. The van der Waals surface area contributed by atoms with Crippen molar-refractivity contribution in [3.63, 3.8) is 0 Å². The first kappa shape index (κ1) is 14.9. The number of carboxylic acids is 1. The number of hydrogen-bond acceptors (Lipinski definition) is 4. The molecule has 0 amide bonds. The molecule has 1 aromatic rings. The van der Waals surface area contributed by atoms with Crippen LogP contribution in [0.4, 0.5) is 0 Å². The summed E-state index contributed by atoms with van der Waals surface area (Å²) in [6, 6.07) is 1.93. The summed E-state index contributed by atoms with van der Waals surface area (Å²) >= 11 is 6.10. The van der Waals surface area contributed by atoms with Crippen LogP contribution in [0.25, 0.3) is 0 Å². The van der Waals surface area contributed by atoms with Crippen LogP contribution in [-0.4, -0.2) is 24.3 Å². The van der Waals surface area contributed by atoms with E-state index in [1.165, 1.54) is 13.2 Å². The molecule has 0 bridgehead atoms. The maximum Gasteiger partial charge on any atom is 0.325 e. The molecule has 6 heteroatoms. The van der Waals surface area contributed by atoms with Crippen LogP contribution in [-0.2, 0) is 4.79 Å². The number of methoxy groups -OCH3 is 1. The molecule has 3 N–H and O–H groups in total. The molecule has 1 saturated carbocycles. The summed E-state index contributed by atoms with van der Waals surface area (Å²) in [6.45, 7) is 0. The van der Waals surface area contributed by atoms with Gasteiger partial charge in [-0.15, -0.1) is 0 Å². The van der Waals surface area contributed by atoms with E-state index in [-0.39, 0.29) is 11.1 Å². The third kappa shape index (κ3) is 3.16. The Morgan fingerprint density at radius 2 is 2.05 bits per heavy atom. The molecule has 0 heterocycles. The Balaban J connectivity index is 2.29. The van der Waals surface area contributed by atoms with Crippen LogP contribution in [0.2, 0.25) is 5.02 Å². The van der Waals surface area contributed by atoms with Crippen molar-refractivity contribution in [2.45, 2.75) is 37.8 Å². The summed E-state index contributed by atoms with van der Waals surface area (Å²) in [6.07, 6.45) is 4.50. The Bertz CT molecular complexity index is 500. The van der Waals surface area contributed by atoms with Crippen LogP contribution in [0.15, 0.2) is 12.1 Å². The number of halogens is 1. The van der Waals surface area contributed by atoms with E-state index in [1.54, 1.807) is 6.07 Å². The molecule has 0 aliphatic heterocycles. The van der Waals surface area contributed by atoms with E-state index >= 15 is 0 Å². The van der Waals surface area contributed by atoms with Crippen molar-refractivity contribution >= 4 is 17.6 Å². The Kier molecular flexibility index (Phi) is 4.73. The second kappa shape index (κ2) is 6.33. The SMILES string of the molecule is COc1cc(C(N)C(=O)O)c(Cl)cc1OC1CCCC1. The van der Waals surface area contributed by atoms with Crippen molar-refractivity contribution in [3.8, 4) is 11.5 Å². The number of carbonyl (C=O) groups is 1. The fourth-order valence-electron chi connectivity index (χ4n) is 2.36. The number of carboxylic acid groups (broad SMARTS) is 1. The van der Waals surface area contributed by atoms with Crippen LogP contribution in [0, 0.1) is 0 Å². The molecule has 0 aromatic heterocycles. The van der Waals surface area contributed by atoms with Gasteiger partial charge in [0.25, 0.3) is 0 Å². The van der Waals surface area contributed by atoms with E-state index in [0.717, 1.165) is 25.7 Å². The minimum atomic E-state index is -1.18. The van der Waals surface area contributed by atoms with Crippen LogP contribution < -0.4 is 15.2 Å². The van der Waals surface area contributed by atoms with Gasteiger partial charge >= 0.3 is 5.97 Å². The lowest BCUT2D eigenvalue weighted by Gasteiger charge is -2.18. The van der Waals surface area contributed by atoms with E-state index in [2.05, 4.69) is 0 Å². The highest BCUT2D eigenvalue weighted by Gasteiger charge is 2.23. The fourth-order valence-corrected chi connectivity index (χ4v) is 2.63. The molecule has 1 unspecified atom stereocenters. The first-order valence-electron chi connectivity index (χ1n) is 6.55. The highest BCUT2D eigenvalue weighted by Crippen LogP contribution is 2.37. The molecule has 1 aliphatic rings. The Labute approximate surface area is 122 Å². The number of ether oxygens (including phenoxy) is 2. The maximum absolute atomic E-state index is 11.0. The zero-order chi connectivity index (χ0) is 14.7. The average Bonchev–Trinajstić information content (AvgIpc) is 2.91. The lowest BCUT2D eigenvalue weighted by atomic mass is 10.1. The van der Waals surface area contributed by atoms with Gasteiger partial charge in [0.05, 0.1) is 13.2 Å². The van der Waals surface area contributed by atoms with Gasteiger partial charge in [-0.2, -0.15) is 0 Å². The Hall–Kier alpha value is -1.46. The summed E-state index contributed by atoms with van der Waals surface area (Å²) in [5.41, 5.74) is 5.91.